The number of aliphatic hydroxyl groups is 1. The summed E-state index contributed by atoms with van der Waals surface area (Å²) in [7, 11) is 0. The maximum Gasteiger partial charge on any atom is 0.295 e. The van der Waals surface area contributed by atoms with E-state index in [4.69, 9.17) is 18.9 Å². The number of carbonyl (C=O) groups is 2. The summed E-state index contributed by atoms with van der Waals surface area (Å²) in [6.45, 7) is 12.6. The van der Waals surface area contributed by atoms with Crippen LogP contribution in [0.1, 0.15) is 51.3 Å². The molecule has 1 saturated heterocycles. The molecule has 9 nitrogen and oxygen atoms in total. The van der Waals surface area contributed by atoms with Crippen LogP contribution in [0.15, 0.2) is 42.0 Å². The first-order valence-corrected chi connectivity index (χ1v) is 13.7. The third kappa shape index (κ3) is 5.98. The highest BCUT2D eigenvalue weighted by molar-refractivity contribution is 6.46. The van der Waals surface area contributed by atoms with E-state index >= 15 is 0 Å². The van der Waals surface area contributed by atoms with Crippen molar-refractivity contribution in [1.82, 2.24) is 9.80 Å². The van der Waals surface area contributed by atoms with Crippen LogP contribution in [0.25, 0.3) is 5.76 Å². The smallest absolute Gasteiger partial charge is 0.295 e. The number of fused-ring (bicyclic) bond motifs is 1. The molecule has 2 heterocycles. The number of nitrogens with zero attached hydrogens (tertiary/aromatic N) is 2. The van der Waals surface area contributed by atoms with Crippen LogP contribution in [-0.2, 0) is 9.59 Å². The van der Waals surface area contributed by atoms with Crippen LogP contribution in [0.3, 0.4) is 0 Å². The highest BCUT2D eigenvalue weighted by atomic mass is 16.6. The molecule has 0 bridgehead atoms. The van der Waals surface area contributed by atoms with E-state index in [0.717, 1.165) is 19.6 Å². The molecule has 0 spiro atoms. The van der Waals surface area contributed by atoms with Crippen LogP contribution < -0.4 is 18.9 Å². The fourth-order valence-electron chi connectivity index (χ4n) is 5.05. The van der Waals surface area contributed by atoms with Gasteiger partial charge in [0.05, 0.1) is 24.8 Å². The van der Waals surface area contributed by atoms with Crippen LogP contribution in [0.2, 0.25) is 0 Å². The zero-order valence-electron chi connectivity index (χ0n) is 23.2. The Kier molecular flexibility index (Phi) is 9.35. The van der Waals surface area contributed by atoms with E-state index < -0.39 is 17.7 Å². The Labute approximate surface area is 229 Å². The van der Waals surface area contributed by atoms with Gasteiger partial charge in [0, 0.05) is 12.1 Å². The van der Waals surface area contributed by atoms with Crippen molar-refractivity contribution in [3.63, 3.8) is 0 Å². The van der Waals surface area contributed by atoms with Crippen LogP contribution in [-0.4, -0.2) is 79.2 Å². The highest BCUT2D eigenvalue weighted by Gasteiger charge is 2.46. The molecule has 1 N–H and O–H groups in total. The maximum absolute atomic E-state index is 13.5. The molecule has 2 aromatic carbocycles. The number of ketones is 1. The van der Waals surface area contributed by atoms with E-state index in [9.17, 15) is 14.7 Å². The van der Waals surface area contributed by atoms with Gasteiger partial charge >= 0.3 is 0 Å². The summed E-state index contributed by atoms with van der Waals surface area (Å²) in [5, 5.41) is 11.5. The summed E-state index contributed by atoms with van der Waals surface area (Å²) < 4.78 is 22.8. The van der Waals surface area contributed by atoms with E-state index in [0.29, 0.717) is 73.5 Å². The Morgan fingerprint density at radius 2 is 1.64 bits per heavy atom. The number of rotatable bonds is 12. The monoisotopic (exact) mass is 538 g/mol. The number of hydrogen-bond donors (Lipinski definition) is 1. The third-order valence-corrected chi connectivity index (χ3v) is 7.01. The van der Waals surface area contributed by atoms with Crippen molar-refractivity contribution < 1.29 is 33.6 Å². The zero-order chi connectivity index (χ0) is 27.9. The second kappa shape index (κ2) is 12.9. The molecule has 9 heteroatoms. The van der Waals surface area contributed by atoms with Crippen molar-refractivity contribution in [3.05, 3.63) is 53.1 Å². The lowest BCUT2D eigenvalue weighted by atomic mass is 9.94. The molecule has 0 aliphatic carbocycles. The molecule has 0 radical (unpaired) electrons. The fraction of sp³-hybridized carbons (Fsp3) is 0.467. The number of carbonyl (C=O) groups excluding carboxylic acids is 2. The van der Waals surface area contributed by atoms with Gasteiger partial charge in [0.1, 0.15) is 19.0 Å². The van der Waals surface area contributed by atoms with Crippen molar-refractivity contribution in [2.45, 2.75) is 40.2 Å². The minimum atomic E-state index is -0.787. The Hall–Kier alpha value is -3.72. The first-order valence-electron chi connectivity index (χ1n) is 13.7. The molecule has 2 aliphatic rings. The van der Waals surface area contributed by atoms with Gasteiger partial charge in [-0.3, -0.25) is 9.59 Å². The fourth-order valence-corrected chi connectivity index (χ4v) is 5.05. The van der Waals surface area contributed by atoms with Gasteiger partial charge in [0.2, 0.25) is 0 Å². The quantitative estimate of drug-likeness (QED) is 0.241. The minimum Gasteiger partial charge on any atom is -0.507 e. The van der Waals surface area contributed by atoms with Gasteiger partial charge in [-0.2, -0.15) is 0 Å². The maximum atomic E-state index is 13.5. The van der Waals surface area contributed by atoms with Crippen molar-refractivity contribution in [2.24, 2.45) is 0 Å². The number of Topliss-reactive ketones (excluding diaryl/α,β-unsaturated/α-hetero) is 1. The largest absolute Gasteiger partial charge is 0.507 e. The van der Waals surface area contributed by atoms with Crippen LogP contribution >= 0.6 is 0 Å². The average molecular weight is 539 g/mol. The number of ether oxygens (including phenoxy) is 4. The van der Waals surface area contributed by atoms with Gasteiger partial charge < -0.3 is 33.9 Å². The summed E-state index contributed by atoms with van der Waals surface area (Å²) in [5.74, 6) is 0.536. The van der Waals surface area contributed by atoms with Crippen molar-refractivity contribution >= 4 is 17.4 Å². The molecule has 2 aromatic rings. The normalized spacial score (nSPS) is 18.1. The Bertz CT molecular complexity index is 1220. The first kappa shape index (κ1) is 28.3. The predicted molar refractivity (Wildman–Crippen MR) is 148 cm³/mol. The summed E-state index contributed by atoms with van der Waals surface area (Å²) in [4.78, 5) is 30.7. The Morgan fingerprint density at radius 3 is 2.33 bits per heavy atom. The van der Waals surface area contributed by atoms with Gasteiger partial charge in [-0.25, -0.2) is 0 Å². The van der Waals surface area contributed by atoms with E-state index in [1.165, 1.54) is 0 Å². The van der Waals surface area contributed by atoms with Gasteiger partial charge in [-0.05, 0) is 75.8 Å². The van der Waals surface area contributed by atoms with Gasteiger partial charge in [0.15, 0.2) is 23.0 Å². The molecule has 1 fully saturated rings. The summed E-state index contributed by atoms with van der Waals surface area (Å²) in [6.07, 6.45) is 0.685. The standard InChI is InChI=1S/C30H38N2O7/c1-5-31(6-2)14-9-15-32-27(20-10-12-22(36-7-3)24(18-20)37-8-4)26(29(34)30(32)35)28(33)21-11-13-23-25(19-21)39-17-16-38-23/h10-13,18-19,27,33H,5-9,14-17H2,1-4H3/t27-/m1/s1. The average Bonchev–Trinajstić information content (AvgIpc) is 3.21. The molecule has 0 saturated carbocycles. The molecule has 0 aromatic heterocycles. The van der Waals surface area contributed by atoms with Crippen molar-refractivity contribution in [3.8, 4) is 23.0 Å². The Balaban J connectivity index is 1.79. The summed E-state index contributed by atoms with van der Waals surface area (Å²) >= 11 is 0. The van der Waals surface area contributed by atoms with E-state index in [1.54, 1.807) is 35.2 Å². The molecule has 1 amide bonds. The molecule has 210 valence electrons. The van der Waals surface area contributed by atoms with Crippen LogP contribution in [0.4, 0.5) is 0 Å². The Morgan fingerprint density at radius 1 is 0.949 bits per heavy atom. The lowest BCUT2D eigenvalue weighted by Gasteiger charge is -2.27. The minimum absolute atomic E-state index is 0.0334. The zero-order valence-corrected chi connectivity index (χ0v) is 23.2. The molecular weight excluding hydrogens is 500 g/mol. The molecule has 1 atom stereocenters. The van der Waals surface area contributed by atoms with Crippen molar-refractivity contribution in [1.29, 1.82) is 0 Å². The number of amides is 1. The SMILES string of the molecule is CCOc1ccc([C@@H]2C(=C(O)c3ccc4c(c3)OCCO4)C(=O)C(=O)N2CCCN(CC)CC)cc1OCC. The molecule has 0 unspecified atom stereocenters. The number of benzene rings is 2. The molecule has 2 aliphatic heterocycles. The van der Waals surface area contributed by atoms with Crippen LogP contribution in [0, 0.1) is 0 Å². The number of hydrogen-bond acceptors (Lipinski definition) is 8. The van der Waals surface area contributed by atoms with E-state index in [2.05, 4.69) is 18.7 Å². The summed E-state index contributed by atoms with van der Waals surface area (Å²) in [5.41, 5.74) is 1.07. The first-order chi connectivity index (χ1) is 18.9. The lowest BCUT2D eigenvalue weighted by molar-refractivity contribution is -0.140. The summed E-state index contributed by atoms with van der Waals surface area (Å²) in [6, 6.07) is 9.60. The van der Waals surface area contributed by atoms with Gasteiger partial charge in [-0.15, -0.1) is 0 Å². The van der Waals surface area contributed by atoms with Gasteiger partial charge in [-0.1, -0.05) is 19.9 Å². The second-order valence-electron chi connectivity index (χ2n) is 9.30. The number of aliphatic hydroxyl groups excluding tert-OH is 1. The third-order valence-electron chi connectivity index (χ3n) is 7.01. The van der Waals surface area contributed by atoms with E-state index in [1.807, 2.05) is 19.9 Å². The van der Waals surface area contributed by atoms with Crippen LogP contribution in [0.5, 0.6) is 23.0 Å². The highest BCUT2D eigenvalue weighted by Crippen LogP contribution is 2.43. The molecule has 39 heavy (non-hydrogen) atoms. The number of likely N-dealkylation sites (tertiary alicyclic amines) is 1. The molecular formula is C30H38N2O7. The topological polar surface area (TPSA) is 97.8 Å². The van der Waals surface area contributed by atoms with E-state index in [-0.39, 0.29) is 11.3 Å². The second-order valence-corrected chi connectivity index (χ2v) is 9.30. The lowest BCUT2D eigenvalue weighted by Crippen LogP contribution is -2.33. The molecule has 4 rings (SSSR count). The van der Waals surface area contributed by atoms with Gasteiger partial charge in [0.25, 0.3) is 11.7 Å². The van der Waals surface area contributed by atoms with Crippen molar-refractivity contribution in [2.75, 3.05) is 52.6 Å². The predicted octanol–water partition coefficient (Wildman–Crippen LogP) is 4.41.